The third-order valence-electron chi connectivity index (χ3n) is 6.41. The Kier molecular flexibility index (Phi) is 13.1. The van der Waals surface area contributed by atoms with E-state index >= 15 is 0 Å². The fourth-order valence-electron chi connectivity index (χ4n) is 4.44. The molecule has 1 atom stereocenters. The minimum atomic E-state index is -3.06. The van der Waals surface area contributed by atoms with Crippen molar-refractivity contribution in [2.45, 2.75) is 45.6 Å². The quantitative estimate of drug-likeness (QED) is 0.254. The highest BCUT2D eigenvalue weighted by molar-refractivity contribution is 14.0. The molecule has 0 aromatic rings. The molecule has 0 saturated carbocycles. The summed E-state index contributed by atoms with van der Waals surface area (Å²) in [5.41, 5.74) is 0. The van der Waals surface area contributed by atoms with Gasteiger partial charge in [-0.1, -0.05) is 26.7 Å². The first-order valence-electron chi connectivity index (χ1n) is 11.1. The molecule has 10 heteroatoms. The van der Waals surface area contributed by atoms with E-state index in [4.69, 9.17) is 4.74 Å². The van der Waals surface area contributed by atoms with E-state index in [9.17, 15) is 8.42 Å². The molecule has 2 saturated heterocycles. The lowest BCUT2D eigenvalue weighted by Gasteiger charge is -2.39. The van der Waals surface area contributed by atoms with E-state index in [1.165, 1.54) is 19.1 Å². The molecule has 178 valence electrons. The van der Waals surface area contributed by atoms with Crippen molar-refractivity contribution < 1.29 is 13.2 Å². The second-order valence-electron chi connectivity index (χ2n) is 8.23. The minimum Gasteiger partial charge on any atom is -0.379 e. The van der Waals surface area contributed by atoms with Crippen LogP contribution in [-0.4, -0.2) is 95.4 Å². The molecule has 0 bridgehead atoms. The van der Waals surface area contributed by atoms with Crippen LogP contribution in [-0.2, 0) is 14.8 Å². The minimum absolute atomic E-state index is 0. The predicted molar refractivity (Wildman–Crippen MR) is 134 cm³/mol. The second-order valence-corrected chi connectivity index (χ2v) is 10.2. The molecule has 0 spiro atoms. The van der Waals surface area contributed by atoms with E-state index in [0.29, 0.717) is 31.0 Å². The van der Waals surface area contributed by atoms with Crippen LogP contribution in [0, 0.1) is 11.8 Å². The van der Waals surface area contributed by atoms with Crippen molar-refractivity contribution in [2.75, 3.05) is 65.8 Å². The maximum atomic E-state index is 11.7. The molecule has 0 amide bonds. The van der Waals surface area contributed by atoms with Gasteiger partial charge in [0.1, 0.15) is 0 Å². The molecule has 0 aromatic heterocycles. The molecule has 2 N–H and O–H groups in total. The Hall–Kier alpha value is -0.170. The van der Waals surface area contributed by atoms with E-state index in [-0.39, 0.29) is 24.0 Å². The zero-order valence-corrected chi connectivity index (χ0v) is 22.2. The highest BCUT2D eigenvalue weighted by Crippen LogP contribution is 2.20. The third kappa shape index (κ3) is 8.76. The number of nitrogens with one attached hydrogen (secondary N) is 2. The van der Waals surface area contributed by atoms with Crippen LogP contribution in [0.4, 0.5) is 0 Å². The first-order valence-corrected chi connectivity index (χ1v) is 12.9. The molecule has 2 heterocycles. The molecule has 2 rings (SSSR count). The predicted octanol–water partition coefficient (Wildman–Crippen LogP) is 1.58. The van der Waals surface area contributed by atoms with Gasteiger partial charge in [-0.25, -0.2) is 12.7 Å². The topological polar surface area (TPSA) is 86.3 Å². The monoisotopic (exact) mass is 559 g/mol. The standard InChI is InChI=1S/C20H41N5O3S.HI/c1-5-18(6-2)19(24-11-13-28-14-12-24)16-23-20(21-3)22-15-17-7-9-25(10-8-17)29(4,26)27;/h17-19H,5-16H2,1-4H3,(H2,21,22,23);1H. The van der Waals surface area contributed by atoms with Crippen molar-refractivity contribution in [3.05, 3.63) is 0 Å². The number of nitrogens with zero attached hydrogens (tertiary/aromatic N) is 3. The van der Waals surface area contributed by atoms with Crippen molar-refractivity contribution >= 4 is 40.0 Å². The number of sulfonamides is 1. The van der Waals surface area contributed by atoms with Crippen LogP contribution in [0.3, 0.4) is 0 Å². The van der Waals surface area contributed by atoms with Crippen molar-refractivity contribution in [2.24, 2.45) is 16.8 Å². The molecule has 2 aliphatic heterocycles. The lowest BCUT2D eigenvalue weighted by atomic mass is 9.92. The van der Waals surface area contributed by atoms with Gasteiger partial charge in [0.05, 0.1) is 19.5 Å². The number of morpholine rings is 1. The van der Waals surface area contributed by atoms with Gasteiger partial charge in [-0.05, 0) is 24.7 Å². The van der Waals surface area contributed by atoms with Crippen LogP contribution in [0.15, 0.2) is 4.99 Å². The Bertz CT molecular complexity index is 602. The number of aliphatic imine (C=N–C) groups is 1. The van der Waals surface area contributed by atoms with Crippen LogP contribution < -0.4 is 10.6 Å². The van der Waals surface area contributed by atoms with E-state index < -0.39 is 10.0 Å². The van der Waals surface area contributed by atoms with Crippen LogP contribution >= 0.6 is 24.0 Å². The highest BCUT2D eigenvalue weighted by Gasteiger charge is 2.28. The molecule has 2 fully saturated rings. The van der Waals surface area contributed by atoms with Crippen LogP contribution in [0.2, 0.25) is 0 Å². The lowest BCUT2D eigenvalue weighted by molar-refractivity contribution is 0.00271. The number of halogens is 1. The smallest absolute Gasteiger partial charge is 0.211 e. The molecule has 0 aliphatic carbocycles. The maximum Gasteiger partial charge on any atom is 0.211 e. The third-order valence-corrected chi connectivity index (χ3v) is 7.71. The zero-order chi connectivity index (χ0) is 21.3. The zero-order valence-electron chi connectivity index (χ0n) is 19.1. The molecule has 2 aliphatic rings. The molecule has 30 heavy (non-hydrogen) atoms. The first kappa shape index (κ1) is 27.9. The van der Waals surface area contributed by atoms with Gasteiger partial charge in [0.15, 0.2) is 5.96 Å². The van der Waals surface area contributed by atoms with E-state index in [1.54, 1.807) is 4.31 Å². The fourth-order valence-corrected chi connectivity index (χ4v) is 5.32. The SMILES string of the molecule is CCC(CC)C(CNC(=NC)NCC1CCN(S(C)(=O)=O)CC1)N1CCOCC1.I. The molecular formula is C20H42IN5O3S. The number of ether oxygens (including phenoxy) is 1. The summed E-state index contributed by atoms with van der Waals surface area (Å²) in [6, 6.07) is 0.477. The normalized spacial score (nSPS) is 21.3. The summed E-state index contributed by atoms with van der Waals surface area (Å²) in [6.45, 7) is 11.1. The van der Waals surface area contributed by atoms with Crippen molar-refractivity contribution in [1.82, 2.24) is 19.8 Å². The van der Waals surface area contributed by atoms with Gasteiger partial charge in [-0.15, -0.1) is 24.0 Å². The van der Waals surface area contributed by atoms with E-state index in [2.05, 4.69) is 34.4 Å². The summed E-state index contributed by atoms with van der Waals surface area (Å²) < 4.78 is 30.4. The second kappa shape index (κ2) is 14.1. The summed E-state index contributed by atoms with van der Waals surface area (Å²) >= 11 is 0. The van der Waals surface area contributed by atoms with Gasteiger partial charge in [0.2, 0.25) is 10.0 Å². The first-order chi connectivity index (χ1) is 13.9. The summed E-state index contributed by atoms with van der Waals surface area (Å²) in [5, 5.41) is 6.99. The molecule has 1 unspecified atom stereocenters. The number of piperidine rings is 1. The summed E-state index contributed by atoms with van der Waals surface area (Å²) in [4.78, 5) is 6.96. The molecule has 0 radical (unpaired) electrons. The van der Waals surface area contributed by atoms with E-state index in [1.807, 2.05) is 7.05 Å². The van der Waals surface area contributed by atoms with Crippen molar-refractivity contribution in [1.29, 1.82) is 0 Å². The van der Waals surface area contributed by atoms with Gasteiger partial charge in [0, 0.05) is 52.4 Å². The number of rotatable bonds is 9. The van der Waals surface area contributed by atoms with Gasteiger partial charge in [0.25, 0.3) is 0 Å². The largest absolute Gasteiger partial charge is 0.379 e. The average molecular weight is 560 g/mol. The summed E-state index contributed by atoms with van der Waals surface area (Å²) in [7, 11) is -1.26. The van der Waals surface area contributed by atoms with Crippen LogP contribution in [0.5, 0.6) is 0 Å². The van der Waals surface area contributed by atoms with Crippen LogP contribution in [0.1, 0.15) is 39.5 Å². The molecule has 0 aromatic carbocycles. The number of hydrogen-bond donors (Lipinski definition) is 2. The van der Waals surface area contributed by atoms with Gasteiger partial charge >= 0.3 is 0 Å². The fraction of sp³-hybridized carbons (Fsp3) is 0.950. The van der Waals surface area contributed by atoms with Crippen LogP contribution in [0.25, 0.3) is 0 Å². The Morgan fingerprint density at radius 3 is 2.20 bits per heavy atom. The summed E-state index contributed by atoms with van der Waals surface area (Å²) in [6.07, 6.45) is 5.42. The average Bonchev–Trinajstić information content (AvgIpc) is 2.73. The number of hydrogen-bond acceptors (Lipinski definition) is 5. The van der Waals surface area contributed by atoms with Crippen molar-refractivity contribution in [3.63, 3.8) is 0 Å². The lowest BCUT2D eigenvalue weighted by Crippen LogP contribution is -2.53. The van der Waals surface area contributed by atoms with Gasteiger partial charge in [-0.3, -0.25) is 9.89 Å². The number of guanidine groups is 1. The van der Waals surface area contributed by atoms with Crippen molar-refractivity contribution in [3.8, 4) is 0 Å². The Labute approximate surface area is 200 Å². The maximum absolute atomic E-state index is 11.7. The molecule has 8 nitrogen and oxygen atoms in total. The van der Waals surface area contributed by atoms with E-state index in [0.717, 1.165) is 58.2 Å². The highest BCUT2D eigenvalue weighted by atomic mass is 127. The summed E-state index contributed by atoms with van der Waals surface area (Å²) in [5.74, 6) is 1.96. The Morgan fingerprint density at radius 1 is 1.10 bits per heavy atom. The molecular weight excluding hydrogens is 517 g/mol. The van der Waals surface area contributed by atoms with Gasteiger partial charge < -0.3 is 15.4 Å². The Morgan fingerprint density at radius 2 is 1.70 bits per heavy atom. The Balaban J connectivity index is 0.00000450. The van der Waals surface area contributed by atoms with Gasteiger partial charge in [-0.2, -0.15) is 0 Å².